The molecule has 0 spiro atoms. The van der Waals surface area contributed by atoms with Crippen molar-refractivity contribution in [1.29, 1.82) is 0 Å². The van der Waals surface area contributed by atoms with Crippen LogP contribution < -0.4 is 4.90 Å². The van der Waals surface area contributed by atoms with Gasteiger partial charge >= 0.3 is 6.09 Å². The van der Waals surface area contributed by atoms with E-state index in [1.165, 1.54) is 0 Å². The number of carbonyl (C=O) groups is 2. The minimum absolute atomic E-state index is 0.213. The molecule has 90 valence electrons. The van der Waals surface area contributed by atoms with E-state index < -0.39 is 6.09 Å². The molecule has 0 radical (unpaired) electrons. The van der Waals surface area contributed by atoms with Gasteiger partial charge in [0.1, 0.15) is 6.10 Å². The summed E-state index contributed by atoms with van der Waals surface area (Å²) in [5.41, 5.74) is 0.540. The highest BCUT2D eigenvalue weighted by atomic mass is 79.9. The van der Waals surface area contributed by atoms with Crippen LogP contribution >= 0.6 is 15.9 Å². The molecule has 0 N–H and O–H groups in total. The molecular formula is C12H12BrNO3. The zero-order valence-corrected chi connectivity index (χ0v) is 10.9. The Bertz CT molecular complexity index is 426. The molecule has 1 heterocycles. The number of hydrogen-bond donors (Lipinski definition) is 0. The quantitative estimate of drug-likeness (QED) is 0.843. The van der Waals surface area contributed by atoms with Crippen LogP contribution in [0.3, 0.4) is 0 Å². The van der Waals surface area contributed by atoms with E-state index in [-0.39, 0.29) is 18.4 Å². The molecule has 5 heteroatoms. The molecule has 4 nitrogen and oxygen atoms in total. The highest BCUT2D eigenvalue weighted by Gasteiger charge is 2.34. The number of benzene rings is 1. The summed E-state index contributed by atoms with van der Waals surface area (Å²) in [6.45, 7) is 1.89. The number of halogens is 1. The number of nitrogens with zero attached hydrogens (tertiary/aromatic N) is 1. The van der Waals surface area contributed by atoms with Gasteiger partial charge in [0.25, 0.3) is 0 Å². The maximum Gasteiger partial charge on any atom is 0.421 e. The van der Waals surface area contributed by atoms with Crippen LogP contribution in [-0.2, 0) is 9.53 Å². The fraction of sp³-hybridized carbons (Fsp3) is 0.333. The Hall–Kier alpha value is -1.36. The summed E-state index contributed by atoms with van der Waals surface area (Å²) < 4.78 is 6.05. The fourth-order valence-corrected chi connectivity index (χ4v) is 1.96. The molecular weight excluding hydrogens is 286 g/mol. The maximum atomic E-state index is 11.9. The lowest BCUT2D eigenvalue weighted by molar-refractivity contribution is -0.122. The molecule has 1 aliphatic heterocycles. The Balaban J connectivity index is 2.24. The van der Waals surface area contributed by atoms with Crippen LogP contribution in [-0.4, -0.2) is 18.1 Å². The van der Waals surface area contributed by atoms with Crippen LogP contribution in [0.5, 0.6) is 0 Å². The number of cyclic esters (lactones) is 1. The Morgan fingerprint density at radius 2 is 2.00 bits per heavy atom. The highest BCUT2D eigenvalue weighted by Crippen LogP contribution is 2.24. The van der Waals surface area contributed by atoms with Crippen LogP contribution in [0.25, 0.3) is 0 Å². The summed E-state index contributed by atoms with van der Waals surface area (Å²) in [5.74, 6) is -0.213. The predicted molar refractivity (Wildman–Crippen MR) is 66.8 cm³/mol. The van der Waals surface area contributed by atoms with Crippen molar-refractivity contribution in [2.75, 3.05) is 4.90 Å². The number of imide groups is 1. The zero-order valence-electron chi connectivity index (χ0n) is 9.35. The number of amides is 2. The van der Waals surface area contributed by atoms with Crippen LogP contribution in [0.4, 0.5) is 10.5 Å². The van der Waals surface area contributed by atoms with Crippen LogP contribution in [0, 0.1) is 0 Å². The summed E-state index contributed by atoms with van der Waals surface area (Å²) in [7, 11) is 0. The normalized spacial score (nSPS) is 20.4. The third-order valence-electron chi connectivity index (χ3n) is 2.64. The van der Waals surface area contributed by atoms with Gasteiger partial charge < -0.3 is 4.74 Å². The van der Waals surface area contributed by atoms with Gasteiger partial charge in [0.05, 0.1) is 12.1 Å². The molecule has 0 aliphatic carbocycles. The van der Waals surface area contributed by atoms with E-state index in [0.717, 1.165) is 9.37 Å². The summed E-state index contributed by atoms with van der Waals surface area (Å²) >= 11 is 3.30. The Kier molecular flexibility index (Phi) is 3.47. The lowest BCUT2D eigenvalue weighted by Gasteiger charge is -2.29. The molecule has 2 rings (SSSR count). The molecule has 0 bridgehead atoms. The average Bonchev–Trinajstić information content (AvgIpc) is 2.30. The first kappa shape index (κ1) is 12.1. The van der Waals surface area contributed by atoms with Gasteiger partial charge in [-0.1, -0.05) is 22.9 Å². The van der Waals surface area contributed by atoms with Crippen LogP contribution in [0.15, 0.2) is 28.7 Å². The van der Waals surface area contributed by atoms with Crippen molar-refractivity contribution in [3.05, 3.63) is 28.7 Å². The lowest BCUT2D eigenvalue weighted by atomic mass is 10.1. The first-order valence-corrected chi connectivity index (χ1v) is 6.20. The molecule has 1 aromatic carbocycles. The van der Waals surface area contributed by atoms with E-state index in [0.29, 0.717) is 12.1 Å². The van der Waals surface area contributed by atoms with E-state index in [2.05, 4.69) is 15.9 Å². The Labute approximate surface area is 108 Å². The molecule has 1 unspecified atom stereocenters. The number of hydrogen-bond acceptors (Lipinski definition) is 3. The van der Waals surface area contributed by atoms with Crippen molar-refractivity contribution in [3.63, 3.8) is 0 Å². The standard InChI is InChI=1S/C12H12BrNO3/c1-2-10-7-11(15)14(12(16)17-10)9-5-3-8(13)4-6-9/h3-6,10H,2,7H2,1H3. The van der Waals surface area contributed by atoms with Crippen molar-refractivity contribution >= 4 is 33.6 Å². The average molecular weight is 298 g/mol. The van der Waals surface area contributed by atoms with E-state index >= 15 is 0 Å². The minimum Gasteiger partial charge on any atom is -0.445 e. The summed E-state index contributed by atoms with van der Waals surface area (Å²) in [5, 5.41) is 0. The van der Waals surface area contributed by atoms with Crippen molar-refractivity contribution in [3.8, 4) is 0 Å². The van der Waals surface area contributed by atoms with Crippen molar-refractivity contribution in [2.45, 2.75) is 25.9 Å². The molecule has 2 amide bonds. The van der Waals surface area contributed by atoms with Crippen LogP contribution in [0.1, 0.15) is 19.8 Å². The second-order valence-corrected chi connectivity index (χ2v) is 4.74. The van der Waals surface area contributed by atoms with Gasteiger partial charge in [-0.3, -0.25) is 4.79 Å². The summed E-state index contributed by atoms with van der Waals surface area (Å²) in [6, 6.07) is 6.97. The first-order chi connectivity index (χ1) is 8.11. The van der Waals surface area contributed by atoms with Crippen molar-refractivity contribution < 1.29 is 14.3 Å². The monoisotopic (exact) mass is 297 g/mol. The summed E-state index contributed by atoms with van der Waals surface area (Å²) in [6.07, 6.45) is 0.0290. The van der Waals surface area contributed by atoms with Gasteiger partial charge in [-0.15, -0.1) is 0 Å². The van der Waals surface area contributed by atoms with Gasteiger partial charge in [0.2, 0.25) is 5.91 Å². The number of anilines is 1. The fourth-order valence-electron chi connectivity index (χ4n) is 1.69. The first-order valence-electron chi connectivity index (χ1n) is 5.41. The smallest absolute Gasteiger partial charge is 0.421 e. The maximum absolute atomic E-state index is 11.9. The number of ether oxygens (including phenoxy) is 1. The molecule has 1 aliphatic rings. The zero-order chi connectivity index (χ0) is 12.4. The molecule has 17 heavy (non-hydrogen) atoms. The molecule has 0 aromatic heterocycles. The van der Waals surface area contributed by atoms with Crippen molar-refractivity contribution in [2.24, 2.45) is 0 Å². The third-order valence-corrected chi connectivity index (χ3v) is 3.17. The number of rotatable bonds is 2. The number of carbonyl (C=O) groups excluding carboxylic acids is 2. The minimum atomic E-state index is -0.588. The van der Waals surface area contributed by atoms with Crippen molar-refractivity contribution in [1.82, 2.24) is 0 Å². The second-order valence-electron chi connectivity index (χ2n) is 3.82. The van der Waals surface area contributed by atoms with Gasteiger partial charge in [-0.05, 0) is 30.7 Å². The molecule has 1 fully saturated rings. The highest BCUT2D eigenvalue weighted by molar-refractivity contribution is 9.10. The Morgan fingerprint density at radius 3 is 2.53 bits per heavy atom. The van der Waals surface area contributed by atoms with Gasteiger partial charge in [-0.25, -0.2) is 9.69 Å². The van der Waals surface area contributed by atoms with E-state index in [1.54, 1.807) is 24.3 Å². The molecule has 0 saturated carbocycles. The van der Waals surface area contributed by atoms with Gasteiger partial charge in [0.15, 0.2) is 0 Å². The second kappa shape index (κ2) is 4.87. The van der Waals surface area contributed by atoms with E-state index in [1.807, 2.05) is 6.92 Å². The Morgan fingerprint density at radius 1 is 1.35 bits per heavy atom. The van der Waals surface area contributed by atoms with Crippen LogP contribution in [0.2, 0.25) is 0 Å². The molecule has 1 saturated heterocycles. The third kappa shape index (κ3) is 2.49. The molecule has 1 atom stereocenters. The van der Waals surface area contributed by atoms with E-state index in [9.17, 15) is 9.59 Å². The predicted octanol–water partition coefficient (Wildman–Crippen LogP) is 3.10. The topological polar surface area (TPSA) is 46.6 Å². The van der Waals surface area contributed by atoms with Gasteiger partial charge in [0, 0.05) is 4.47 Å². The molecule has 1 aromatic rings. The SMILES string of the molecule is CCC1CC(=O)N(c2ccc(Br)cc2)C(=O)O1. The lowest BCUT2D eigenvalue weighted by Crippen LogP contribution is -2.46. The van der Waals surface area contributed by atoms with E-state index in [4.69, 9.17) is 4.74 Å². The largest absolute Gasteiger partial charge is 0.445 e. The summed E-state index contributed by atoms with van der Waals surface area (Å²) in [4.78, 5) is 24.7. The van der Waals surface area contributed by atoms with Gasteiger partial charge in [-0.2, -0.15) is 0 Å².